The van der Waals surface area contributed by atoms with Crippen LogP contribution in [0.25, 0.3) is 0 Å². The average molecular weight is 329 g/mol. The van der Waals surface area contributed by atoms with Crippen LogP contribution in [-0.4, -0.2) is 36.5 Å². The van der Waals surface area contributed by atoms with Crippen molar-refractivity contribution in [3.63, 3.8) is 0 Å². The standard InChI is InChI=1S/C16H22F3N3O/c1-15(2)10-22(8-7-13(15)20)9-14(23)21-12-5-3-11(4-6-12)16(17,18)19/h3-6,13H,7-10,20H2,1-2H3,(H,21,23). The van der Waals surface area contributed by atoms with Gasteiger partial charge in [-0.25, -0.2) is 0 Å². The lowest BCUT2D eigenvalue weighted by molar-refractivity contribution is -0.137. The number of nitrogens with one attached hydrogen (secondary N) is 1. The monoisotopic (exact) mass is 329 g/mol. The lowest BCUT2D eigenvalue weighted by Gasteiger charge is -2.42. The van der Waals surface area contributed by atoms with Gasteiger partial charge in [0.1, 0.15) is 0 Å². The smallest absolute Gasteiger partial charge is 0.327 e. The summed E-state index contributed by atoms with van der Waals surface area (Å²) in [5.41, 5.74) is 5.62. The van der Waals surface area contributed by atoms with Crippen LogP contribution in [0.3, 0.4) is 0 Å². The first-order valence-corrected chi connectivity index (χ1v) is 7.53. The molecule has 1 saturated heterocycles. The van der Waals surface area contributed by atoms with Crippen LogP contribution in [0, 0.1) is 5.41 Å². The van der Waals surface area contributed by atoms with Crippen molar-refractivity contribution in [2.45, 2.75) is 32.5 Å². The summed E-state index contributed by atoms with van der Waals surface area (Å²) >= 11 is 0. The molecule has 128 valence electrons. The quantitative estimate of drug-likeness (QED) is 0.896. The topological polar surface area (TPSA) is 58.4 Å². The largest absolute Gasteiger partial charge is 0.416 e. The second-order valence-electron chi connectivity index (χ2n) is 6.72. The summed E-state index contributed by atoms with van der Waals surface area (Å²) in [6.45, 7) is 5.80. The fourth-order valence-corrected chi connectivity index (χ4v) is 2.77. The van der Waals surface area contributed by atoms with Crippen molar-refractivity contribution in [3.8, 4) is 0 Å². The van der Waals surface area contributed by atoms with Crippen LogP contribution in [-0.2, 0) is 11.0 Å². The number of benzene rings is 1. The number of rotatable bonds is 3. The van der Waals surface area contributed by atoms with Gasteiger partial charge in [0.05, 0.1) is 12.1 Å². The normalized spacial score (nSPS) is 21.9. The van der Waals surface area contributed by atoms with Gasteiger partial charge in [0.2, 0.25) is 5.91 Å². The van der Waals surface area contributed by atoms with Crippen molar-refractivity contribution < 1.29 is 18.0 Å². The molecule has 0 bridgehead atoms. The molecule has 7 heteroatoms. The molecule has 0 radical (unpaired) electrons. The van der Waals surface area contributed by atoms with Crippen LogP contribution in [0.15, 0.2) is 24.3 Å². The van der Waals surface area contributed by atoms with Crippen molar-refractivity contribution in [2.24, 2.45) is 11.1 Å². The second-order valence-corrected chi connectivity index (χ2v) is 6.72. The molecule has 0 aliphatic carbocycles. The second kappa shape index (κ2) is 6.49. The first-order valence-electron chi connectivity index (χ1n) is 7.53. The molecule has 1 atom stereocenters. The maximum Gasteiger partial charge on any atom is 0.416 e. The number of hydrogen-bond donors (Lipinski definition) is 2. The molecule has 1 unspecified atom stereocenters. The highest BCUT2D eigenvalue weighted by Gasteiger charge is 2.34. The molecule has 0 saturated carbocycles. The number of nitrogens with two attached hydrogens (primary N) is 1. The molecule has 3 N–H and O–H groups in total. The average Bonchev–Trinajstić information content (AvgIpc) is 2.42. The summed E-state index contributed by atoms with van der Waals surface area (Å²) in [7, 11) is 0. The molecule has 2 rings (SSSR count). The van der Waals surface area contributed by atoms with Gasteiger partial charge in [-0.05, 0) is 36.1 Å². The molecular formula is C16H22F3N3O. The van der Waals surface area contributed by atoms with E-state index >= 15 is 0 Å². The molecule has 1 aromatic carbocycles. The maximum absolute atomic E-state index is 12.5. The minimum Gasteiger partial charge on any atom is -0.327 e. The minimum atomic E-state index is -4.37. The molecule has 0 spiro atoms. The Hall–Kier alpha value is -1.60. The van der Waals surface area contributed by atoms with Crippen LogP contribution < -0.4 is 11.1 Å². The van der Waals surface area contributed by atoms with E-state index in [1.54, 1.807) is 0 Å². The number of nitrogens with zero attached hydrogens (tertiary/aromatic N) is 1. The summed E-state index contributed by atoms with van der Waals surface area (Å²) < 4.78 is 37.5. The zero-order valence-corrected chi connectivity index (χ0v) is 13.3. The van der Waals surface area contributed by atoms with E-state index in [-0.39, 0.29) is 23.9 Å². The first-order chi connectivity index (χ1) is 10.6. The Bertz CT molecular complexity index is 555. The highest BCUT2D eigenvalue weighted by atomic mass is 19.4. The lowest BCUT2D eigenvalue weighted by atomic mass is 9.80. The van der Waals surface area contributed by atoms with Gasteiger partial charge >= 0.3 is 6.18 Å². The Morgan fingerprint density at radius 2 is 1.96 bits per heavy atom. The van der Waals surface area contributed by atoms with Gasteiger partial charge in [-0.15, -0.1) is 0 Å². The summed E-state index contributed by atoms with van der Waals surface area (Å²) in [6.07, 6.45) is -3.55. The molecule has 1 fully saturated rings. The Morgan fingerprint density at radius 3 is 2.48 bits per heavy atom. The number of amides is 1. The number of anilines is 1. The fourth-order valence-electron chi connectivity index (χ4n) is 2.77. The summed E-state index contributed by atoms with van der Waals surface area (Å²) in [6, 6.07) is 4.54. The Kier molecular flexibility index (Phi) is 5.01. The third-order valence-electron chi connectivity index (χ3n) is 4.25. The molecule has 23 heavy (non-hydrogen) atoms. The van der Waals surface area contributed by atoms with Gasteiger partial charge < -0.3 is 11.1 Å². The van der Waals surface area contributed by atoms with Gasteiger partial charge in [-0.2, -0.15) is 13.2 Å². The molecular weight excluding hydrogens is 307 g/mol. The zero-order valence-electron chi connectivity index (χ0n) is 13.3. The predicted molar refractivity (Wildman–Crippen MR) is 82.9 cm³/mol. The van der Waals surface area contributed by atoms with Crippen LogP contribution in [0.4, 0.5) is 18.9 Å². The molecule has 1 aliphatic heterocycles. The van der Waals surface area contributed by atoms with E-state index < -0.39 is 11.7 Å². The van der Waals surface area contributed by atoms with Crippen LogP contribution >= 0.6 is 0 Å². The molecule has 1 amide bonds. The van der Waals surface area contributed by atoms with Gasteiger partial charge in [0, 0.05) is 24.8 Å². The number of carbonyl (C=O) groups is 1. The molecule has 0 aromatic heterocycles. The Morgan fingerprint density at radius 1 is 1.35 bits per heavy atom. The lowest BCUT2D eigenvalue weighted by Crippen LogP contribution is -2.53. The van der Waals surface area contributed by atoms with Crippen molar-refractivity contribution in [1.82, 2.24) is 4.90 Å². The van der Waals surface area contributed by atoms with E-state index in [0.717, 1.165) is 25.1 Å². The van der Waals surface area contributed by atoms with Gasteiger partial charge in [-0.3, -0.25) is 9.69 Å². The van der Waals surface area contributed by atoms with E-state index in [1.165, 1.54) is 12.1 Å². The highest BCUT2D eigenvalue weighted by Crippen LogP contribution is 2.30. The van der Waals surface area contributed by atoms with Crippen LogP contribution in [0.2, 0.25) is 0 Å². The molecule has 4 nitrogen and oxygen atoms in total. The van der Waals surface area contributed by atoms with Crippen LogP contribution in [0.1, 0.15) is 25.8 Å². The summed E-state index contributed by atoms with van der Waals surface area (Å²) in [5, 5.41) is 2.63. The van der Waals surface area contributed by atoms with Gasteiger partial charge in [0.25, 0.3) is 0 Å². The van der Waals surface area contributed by atoms with Crippen molar-refractivity contribution in [1.29, 1.82) is 0 Å². The van der Waals surface area contributed by atoms with E-state index in [1.807, 2.05) is 4.90 Å². The number of piperidine rings is 1. The van der Waals surface area contributed by atoms with Gasteiger partial charge in [0.15, 0.2) is 0 Å². The zero-order chi connectivity index (χ0) is 17.3. The van der Waals surface area contributed by atoms with Gasteiger partial charge in [-0.1, -0.05) is 13.8 Å². The Labute approximate surface area is 133 Å². The SMILES string of the molecule is CC1(C)CN(CC(=O)Nc2ccc(C(F)(F)F)cc2)CCC1N. The predicted octanol–water partition coefficient (Wildman–Crippen LogP) is 2.70. The number of hydrogen-bond acceptors (Lipinski definition) is 3. The van der Waals surface area contributed by atoms with E-state index in [9.17, 15) is 18.0 Å². The van der Waals surface area contributed by atoms with E-state index in [0.29, 0.717) is 12.2 Å². The third-order valence-corrected chi connectivity index (χ3v) is 4.25. The number of carbonyl (C=O) groups excluding carboxylic acids is 1. The maximum atomic E-state index is 12.5. The molecule has 1 heterocycles. The number of halogens is 3. The molecule has 1 aliphatic rings. The van der Waals surface area contributed by atoms with Crippen molar-refractivity contribution >= 4 is 11.6 Å². The Balaban J connectivity index is 1.90. The summed E-state index contributed by atoms with van der Waals surface area (Å²) in [4.78, 5) is 14.1. The van der Waals surface area contributed by atoms with Crippen molar-refractivity contribution in [3.05, 3.63) is 29.8 Å². The minimum absolute atomic E-state index is 0.0626. The fraction of sp³-hybridized carbons (Fsp3) is 0.562. The number of alkyl halides is 3. The third kappa shape index (κ3) is 4.68. The highest BCUT2D eigenvalue weighted by molar-refractivity contribution is 5.92. The van der Waals surface area contributed by atoms with Crippen molar-refractivity contribution in [2.75, 3.05) is 25.0 Å². The molecule has 1 aromatic rings. The number of likely N-dealkylation sites (tertiary alicyclic amines) is 1. The summed E-state index contributed by atoms with van der Waals surface area (Å²) in [5.74, 6) is -0.240. The first kappa shape index (κ1) is 17.7. The van der Waals surface area contributed by atoms with E-state index in [2.05, 4.69) is 19.2 Å². The van der Waals surface area contributed by atoms with Crippen LogP contribution in [0.5, 0.6) is 0 Å². The van der Waals surface area contributed by atoms with E-state index in [4.69, 9.17) is 5.73 Å².